The van der Waals surface area contributed by atoms with Gasteiger partial charge in [-0.1, -0.05) is 54.4 Å². The second kappa shape index (κ2) is 11.0. The van der Waals surface area contributed by atoms with Crippen molar-refractivity contribution >= 4 is 67.1 Å². The molecule has 38 heavy (non-hydrogen) atoms. The zero-order valence-electron chi connectivity index (χ0n) is 20.1. The van der Waals surface area contributed by atoms with Crippen molar-refractivity contribution in [2.45, 2.75) is 18.2 Å². The first-order valence-corrected chi connectivity index (χ1v) is 13.3. The normalized spacial score (nSPS) is 11.7. The van der Waals surface area contributed by atoms with Crippen LogP contribution in [0.15, 0.2) is 75.8 Å². The fraction of sp³-hybridized carbons (Fsp3) is 0.115. The zero-order valence-corrected chi connectivity index (χ0v) is 22.4. The zero-order chi connectivity index (χ0) is 27.6. The molecule has 0 aliphatic rings. The van der Waals surface area contributed by atoms with Crippen LogP contribution in [0, 0.1) is 0 Å². The summed E-state index contributed by atoms with van der Waals surface area (Å²) in [4.78, 5) is 12.8. The molecule has 0 aliphatic heterocycles. The molecule has 0 spiro atoms. The lowest BCUT2D eigenvalue weighted by atomic mass is 10.0. The maximum atomic E-state index is 13.1. The Kier molecular flexibility index (Phi) is 7.89. The van der Waals surface area contributed by atoms with Gasteiger partial charge >= 0.3 is 0 Å². The largest absolute Gasteiger partial charge is 0.505 e. The van der Waals surface area contributed by atoms with Crippen molar-refractivity contribution < 1.29 is 27.6 Å². The van der Waals surface area contributed by atoms with Crippen LogP contribution in [0.1, 0.15) is 22.8 Å². The maximum absolute atomic E-state index is 13.1. The summed E-state index contributed by atoms with van der Waals surface area (Å²) < 4.78 is 38.0. The number of hydrogen-bond donors (Lipinski definition) is 3. The monoisotopic (exact) mass is 573 g/mol. The second-order valence-corrected chi connectivity index (χ2v) is 10.3. The third-order valence-electron chi connectivity index (χ3n) is 5.71. The Morgan fingerprint density at radius 3 is 2.42 bits per heavy atom. The van der Waals surface area contributed by atoms with Crippen molar-refractivity contribution in [1.29, 1.82) is 0 Å². The van der Waals surface area contributed by atoms with Gasteiger partial charge in [0.1, 0.15) is 17.1 Å². The van der Waals surface area contributed by atoms with Gasteiger partial charge in [-0.15, -0.1) is 10.2 Å². The number of azo groups is 1. The standard InChI is InChI=1S/C26H21Cl2N3O6S/c1-3-14-11-22(20(28)13-23(14)38(34,35)36)30-31-24-17-7-5-4-6-15(17)10-18(25(24)32)26(33)29-21-9-8-16(37-2)12-19(21)27/h4-13,32H,3H2,1-2H3,(H,29,33)(H,34,35,36). The number of anilines is 1. The predicted octanol–water partition coefficient (Wildman–Crippen LogP) is 7.34. The van der Waals surface area contributed by atoms with E-state index in [-0.39, 0.29) is 43.9 Å². The number of methoxy groups -OCH3 is 1. The van der Waals surface area contributed by atoms with Crippen LogP contribution in [0.2, 0.25) is 10.0 Å². The number of fused-ring (bicyclic) bond motifs is 1. The Labute approximate surface area is 228 Å². The Balaban J connectivity index is 1.79. The molecule has 196 valence electrons. The lowest BCUT2D eigenvalue weighted by Gasteiger charge is -2.12. The van der Waals surface area contributed by atoms with Crippen LogP contribution in [0.25, 0.3) is 10.8 Å². The molecule has 0 saturated carbocycles. The molecular formula is C26H21Cl2N3O6S. The van der Waals surface area contributed by atoms with Gasteiger partial charge in [0, 0.05) is 11.5 Å². The van der Waals surface area contributed by atoms with Gasteiger partial charge in [-0.05, 0) is 47.7 Å². The number of aromatic hydroxyl groups is 1. The van der Waals surface area contributed by atoms with E-state index in [1.807, 2.05) is 0 Å². The molecule has 0 radical (unpaired) electrons. The highest BCUT2D eigenvalue weighted by Crippen LogP contribution is 2.41. The molecule has 1 amide bonds. The molecule has 0 bridgehead atoms. The van der Waals surface area contributed by atoms with Crippen LogP contribution in [0.4, 0.5) is 17.1 Å². The maximum Gasteiger partial charge on any atom is 0.294 e. The van der Waals surface area contributed by atoms with E-state index >= 15 is 0 Å². The van der Waals surface area contributed by atoms with Crippen LogP contribution >= 0.6 is 23.2 Å². The topological polar surface area (TPSA) is 138 Å². The van der Waals surface area contributed by atoms with E-state index < -0.39 is 21.8 Å². The second-order valence-electron chi connectivity index (χ2n) is 8.08. The van der Waals surface area contributed by atoms with Crippen molar-refractivity contribution in [2.75, 3.05) is 12.4 Å². The third-order valence-corrected chi connectivity index (χ3v) is 7.26. The molecule has 0 fully saturated rings. The van der Waals surface area contributed by atoms with Crippen LogP contribution in [0.5, 0.6) is 11.5 Å². The van der Waals surface area contributed by atoms with Crippen LogP contribution in [-0.2, 0) is 16.5 Å². The smallest absolute Gasteiger partial charge is 0.294 e. The predicted molar refractivity (Wildman–Crippen MR) is 146 cm³/mol. The van der Waals surface area contributed by atoms with Gasteiger partial charge in [-0.2, -0.15) is 8.42 Å². The Hall–Kier alpha value is -3.70. The van der Waals surface area contributed by atoms with E-state index in [9.17, 15) is 22.9 Å². The number of amides is 1. The lowest BCUT2D eigenvalue weighted by Crippen LogP contribution is -2.12. The first kappa shape index (κ1) is 27.3. The van der Waals surface area contributed by atoms with Crippen molar-refractivity contribution in [3.63, 3.8) is 0 Å². The number of ether oxygens (including phenoxy) is 1. The number of nitrogens with one attached hydrogen (secondary N) is 1. The number of phenols is 1. The molecule has 0 aliphatic carbocycles. The fourth-order valence-electron chi connectivity index (χ4n) is 3.79. The van der Waals surface area contributed by atoms with Gasteiger partial charge in [0.25, 0.3) is 16.0 Å². The summed E-state index contributed by atoms with van der Waals surface area (Å²) in [6, 6.07) is 15.7. The van der Waals surface area contributed by atoms with Crippen molar-refractivity contribution in [2.24, 2.45) is 10.2 Å². The van der Waals surface area contributed by atoms with E-state index in [2.05, 4.69) is 15.5 Å². The molecular weight excluding hydrogens is 553 g/mol. The minimum atomic E-state index is -4.49. The number of aryl methyl sites for hydroxylation is 1. The Morgan fingerprint density at radius 1 is 1.03 bits per heavy atom. The van der Waals surface area contributed by atoms with Crippen molar-refractivity contribution in [1.82, 2.24) is 0 Å². The minimum Gasteiger partial charge on any atom is -0.505 e. The summed E-state index contributed by atoms with van der Waals surface area (Å²) in [5, 5.41) is 23.3. The van der Waals surface area contributed by atoms with Crippen molar-refractivity contribution in [3.05, 3.63) is 81.8 Å². The summed E-state index contributed by atoms with van der Waals surface area (Å²) in [6.07, 6.45) is 0.270. The van der Waals surface area contributed by atoms with Gasteiger partial charge in [-0.25, -0.2) is 0 Å². The molecule has 0 aromatic heterocycles. The summed E-state index contributed by atoms with van der Waals surface area (Å²) in [7, 11) is -3.00. The number of phenolic OH excluding ortho intramolecular Hbond substituents is 1. The number of carbonyl (C=O) groups excluding carboxylic acids is 1. The van der Waals surface area contributed by atoms with Gasteiger partial charge in [0.15, 0.2) is 5.75 Å². The molecule has 0 saturated heterocycles. The summed E-state index contributed by atoms with van der Waals surface area (Å²) >= 11 is 12.5. The van der Waals surface area contributed by atoms with Gasteiger partial charge in [0.05, 0.1) is 33.3 Å². The molecule has 0 heterocycles. The van der Waals surface area contributed by atoms with Crippen LogP contribution < -0.4 is 10.1 Å². The highest BCUT2D eigenvalue weighted by Gasteiger charge is 2.21. The SMILES string of the molecule is CCc1cc(N=Nc2c(O)c(C(=O)Nc3ccc(OC)cc3Cl)cc3ccccc23)c(Cl)cc1S(=O)(=O)O. The quantitative estimate of drug-likeness (QED) is 0.156. The van der Waals surface area contributed by atoms with Crippen molar-refractivity contribution in [3.8, 4) is 11.5 Å². The molecule has 4 aromatic rings. The fourth-order valence-corrected chi connectivity index (χ4v) is 5.07. The van der Waals surface area contributed by atoms with E-state index in [0.29, 0.717) is 22.2 Å². The average molecular weight is 574 g/mol. The van der Waals surface area contributed by atoms with E-state index in [1.54, 1.807) is 49.4 Å². The first-order valence-electron chi connectivity index (χ1n) is 11.1. The highest BCUT2D eigenvalue weighted by molar-refractivity contribution is 7.85. The molecule has 3 N–H and O–H groups in total. The number of nitrogens with zero attached hydrogens (tertiary/aromatic N) is 2. The molecule has 4 rings (SSSR count). The Morgan fingerprint density at radius 2 is 1.76 bits per heavy atom. The summed E-state index contributed by atoms with van der Waals surface area (Å²) in [6.45, 7) is 1.70. The summed E-state index contributed by atoms with van der Waals surface area (Å²) in [5.41, 5.74) is 0.628. The third kappa shape index (κ3) is 5.58. The van der Waals surface area contributed by atoms with E-state index in [1.165, 1.54) is 19.2 Å². The molecule has 0 atom stereocenters. The molecule has 9 nitrogen and oxygen atoms in total. The van der Waals surface area contributed by atoms with E-state index in [0.717, 1.165) is 6.07 Å². The summed E-state index contributed by atoms with van der Waals surface area (Å²) in [5.74, 6) is -0.560. The van der Waals surface area contributed by atoms with E-state index in [4.69, 9.17) is 27.9 Å². The lowest BCUT2D eigenvalue weighted by molar-refractivity contribution is 0.102. The van der Waals surface area contributed by atoms with Gasteiger partial charge < -0.3 is 15.2 Å². The molecule has 12 heteroatoms. The Bertz CT molecular complexity index is 1710. The van der Waals surface area contributed by atoms with Gasteiger partial charge in [-0.3, -0.25) is 9.35 Å². The van der Waals surface area contributed by atoms with Crippen LogP contribution in [0.3, 0.4) is 0 Å². The number of hydrogen-bond acceptors (Lipinski definition) is 7. The number of benzene rings is 4. The molecule has 0 unspecified atom stereocenters. The highest BCUT2D eigenvalue weighted by atomic mass is 35.5. The number of halogens is 2. The molecule has 4 aromatic carbocycles. The number of carbonyl (C=O) groups is 1. The van der Waals surface area contributed by atoms with Crippen LogP contribution in [-0.4, -0.2) is 31.1 Å². The van der Waals surface area contributed by atoms with Gasteiger partial charge in [0.2, 0.25) is 0 Å². The average Bonchev–Trinajstić information content (AvgIpc) is 2.88. The number of rotatable bonds is 7. The first-order chi connectivity index (χ1) is 18.0. The minimum absolute atomic E-state index is 0.00190.